The number of hydrogen-bond acceptors (Lipinski definition) is 3. The molecular weight excluding hydrogens is 336 g/mol. The minimum atomic E-state index is -0.0698. The van der Waals surface area contributed by atoms with E-state index in [0.29, 0.717) is 5.56 Å². The van der Waals surface area contributed by atoms with E-state index in [1.165, 1.54) is 4.88 Å². The molecule has 0 aliphatic rings. The number of hydrogen-bond donors (Lipinski definition) is 2. The van der Waals surface area contributed by atoms with Gasteiger partial charge in [-0.2, -0.15) is 0 Å². The molecule has 0 bridgehead atoms. The van der Waals surface area contributed by atoms with Crippen molar-refractivity contribution in [1.29, 1.82) is 0 Å². The van der Waals surface area contributed by atoms with E-state index in [1.807, 2.05) is 25.1 Å². The van der Waals surface area contributed by atoms with Gasteiger partial charge in [-0.25, -0.2) is 0 Å². The van der Waals surface area contributed by atoms with Crippen molar-refractivity contribution in [2.75, 3.05) is 12.4 Å². The molecule has 1 heterocycles. The van der Waals surface area contributed by atoms with Crippen molar-refractivity contribution < 1.29 is 4.79 Å². The molecule has 0 saturated carbocycles. The number of carbonyl (C=O) groups excluding carboxylic acids is 1. The van der Waals surface area contributed by atoms with Gasteiger partial charge in [0.1, 0.15) is 0 Å². The minimum absolute atomic E-state index is 0.0698. The molecule has 1 atom stereocenters. The van der Waals surface area contributed by atoms with Gasteiger partial charge in [-0.15, -0.1) is 11.3 Å². The van der Waals surface area contributed by atoms with Crippen molar-refractivity contribution in [3.05, 3.63) is 50.1 Å². The monoisotopic (exact) mass is 352 g/mol. The van der Waals surface area contributed by atoms with Gasteiger partial charge in [-0.1, -0.05) is 6.07 Å². The molecule has 0 saturated heterocycles. The van der Waals surface area contributed by atoms with E-state index in [2.05, 4.69) is 44.9 Å². The smallest absolute Gasteiger partial charge is 0.251 e. The zero-order valence-corrected chi connectivity index (χ0v) is 14.1. The van der Waals surface area contributed by atoms with Crippen LogP contribution in [0.25, 0.3) is 0 Å². The topological polar surface area (TPSA) is 41.1 Å². The molecule has 0 radical (unpaired) electrons. The number of benzene rings is 1. The molecule has 2 rings (SSSR count). The van der Waals surface area contributed by atoms with E-state index in [-0.39, 0.29) is 11.9 Å². The Labute approximate surface area is 131 Å². The van der Waals surface area contributed by atoms with Gasteiger partial charge in [0.2, 0.25) is 0 Å². The lowest BCUT2D eigenvalue weighted by molar-refractivity contribution is 0.0963. The van der Waals surface area contributed by atoms with Crippen LogP contribution in [0.4, 0.5) is 5.69 Å². The maximum atomic E-state index is 11.7. The zero-order chi connectivity index (χ0) is 14.7. The van der Waals surface area contributed by atoms with E-state index >= 15 is 0 Å². The summed E-state index contributed by atoms with van der Waals surface area (Å²) in [6.45, 7) is 4.15. The SMILES string of the molecule is CNC(=O)c1ccc(C)c(NC(C)c2cc(Br)cs2)c1. The summed E-state index contributed by atoms with van der Waals surface area (Å²) in [7, 11) is 1.64. The lowest BCUT2D eigenvalue weighted by Crippen LogP contribution is -2.18. The summed E-state index contributed by atoms with van der Waals surface area (Å²) in [5.74, 6) is -0.0698. The molecule has 1 aromatic carbocycles. The molecule has 5 heteroatoms. The molecule has 20 heavy (non-hydrogen) atoms. The fourth-order valence-corrected chi connectivity index (χ4v) is 3.38. The molecule has 3 nitrogen and oxygen atoms in total. The van der Waals surface area contributed by atoms with Crippen LogP contribution in [0.5, 0.6) is 0 Å². The van der Waals surface area contributed by atoms with Gasteiger partial charge in [0, 0.05) is 33.0 Å². The molecule has 0 aliphatic heterocycles. The van der Waals surface area contributed by atoms with E-state index in [0.717, 1.165) is 15.7 Å². The van der Waals surface area contributed by atoms with Crippen LogP contribution < -0.4 is 10.6 Å². The minimum Gasteiger partial charge on any atom is -0.377 e. The highest BCUT2D eigenvalue weighted by Crippen LogP contribution is 2.29. The fraction of sp³-hybridized carbons (Fsp3) is 0.267. The molecule has 2 N–H and O–H groups in total. The average Bonchev–Trinajstić information content (AvgIpc) is 2.87. The predicted octanol–water partition coefficient (Wildman–Crippen LogP) is 4.35. The second kappa shape index (κ2) is 6.41. The summed E-state index contributed by atoms with van der Waals surface area (Å²) in [5.41, 5.74) is 2.78. The third-order valence-electron chi connectivity index (χ3n) is 3.11. The van der Waals surface area contributed by atoms with Crippen molar-refractivity contribution in [1.82, 2.24) is 5.32 Å². The maximum absolute atomic E-state index is 11.7. The fourth-order valence-electron chi connectivity index (χ4n) is 1.92. The number of aryl methyl sites for hydroxylation is 1. The van der Waals surface area contributed by atoms with Gasteiger partial charge in [-0.05, 0) is 53.5 Å². The Bertz CT molecular complexity index is 624. The summed E-state index contributed by atoms with van der Waals surface area (Å²) in [4.78, 5) is 12.9. The third kappa shape index (κ3) is 3.41. The lowest BCUT2D eigenvalue weighted by atomic mass is 10.1. The molecule has 0 aliphatic carbocycles. The van der Waals surface area contributed by atoms with Crippen molar-refractivity contribution >= 4 is 38.9 Å². The number of thiophene rings is 1. The Balaban J connectivity index is 2.22. The number of amides is 1. The average molecular weight is 353 g/mol. The molecule has 0 fully saturated rings. The summed E-state index contributed by atoms with van der Waals surface area (Å²) < 4.78 is 1.10. The maximum Gasteiger partial charge on any atom is 0.251 e. The summed E-state index contributed by atoms with van der Waals surface area (Å²) in [6, 6.07) is 8.01. The molecule has 2 aromatic rings. The number of rotatable bonds is 4. The molecule has 1 aromatic heterocycles. The van der Waals surface area contributed by atoms with Crippen molar-refractivity contribution in [3.63, 3.8) is 0 Å². The first kappa shape index (κ1) is 15.1. The second-order valence-corrected chi connectivity index (χ2v) is 6.50. The van der Waals surface area contributed by atoms with Crippen LogP contribution in [-0.2, 0) is 0 Å². The van der Waals surface area contributed by atoms with Crippen LogP contribution in [0, 0.1) is 6.92 Å². The Hall–Kier alpha value is -1.33. The highest BCUT2D eigenvalue weighted by Gasteiger charge is 2.11. The van der Waals surface area contributed by atoms with Crippen LogP contribution >= 0.6 is 27.3 Å². The van der Waals surface area contributed by atoms with Crippen molar-refractivity contribution in [3.8, 4) is 0 Å². The summed E-state index contributed by atoms with van der Waals surface area (Å²) in [5, 5.41) is 8.18. The van der Waals surface area contributed by atoms with Gasteiger partial charge >= 0.3 is 0 Å². The first-order valence-corrected chi connectivity index (χ1v) is 8.01. The Kier molecular flexibility index (Phi) is 4.83. The predicted molar refractivity (Wildman–Crippen MR) is 88.6 cm³/mol. The second-order valence-electron chi connectivity index (χ2n) is 4.64. The number of halogens is 1. The van der Waals surface area contributed by atoms with Crippen LogP contribution in [0.3, 0.4) is 0 Å². The molecular formula is C15H17BrN2OS. The van der Waals surface area contributed by atoms with Gasteiger partial charge in [-0.3, -0.25) is 4.79 Å². The Morgan fingerprint density at radius 3 is 2.70 bits per heavy atom. The lowest BCUT2D eigenvalue weighted by Gasteiger charge is -2.16. The van der Waals surface area contributed by atoms with Crippen LogP contribution in [0.2, 0.25) is 0 Å². The van der Waals surface area contributed by atoms with Crippen LogP contribution in [-0.4, -0.2) is 13.0 Å². The summed E-state index contributed by atoms with van der Waals surface area (Å²) in [6.07, 6.45) is 0. The van der Waals surface area contributed by atoms with Gasteiger partial charge in [0.15, 0.2) is 0 Å². The normalized spacial score (nSPS) is 12.0. The van der Waals surface area contributed by atoms with Gasteiger partial charge in [0.25, 0.3) is 5.91 Å². The molecule has 106 valence electrons. The number of nitrogens with one attached hydrogen (secondary N) is 2. The Morgan fingerprint density at radius 2 is 2.10 bits per heavy atom. The third-order valence-corrected chi connectivity index (χ3v) is 4.99. The summed E-state index contributed by atoms with van der Waals surface area (Å²) >= 11 is 5.18. The standard InChI is InChI=1S/C15H17BrN2OS/c1-9-4-5-11(15(19)17-3)6-13(9)18-10(2)14-7-12(16)8-20-14/h4-8,10,18H,1-3H3,(H,17,19). The van der Waals surface area contributed by atoms with E-state index in [4.69, 9.17) is 0 Å². The van der Waals surface area contributed by atoms with Gasteiger partial charge < -0.3 is 10.6 Å². The largest absolute Gasteiger partial charge is 0.377 e. The first-order valence-electron chi connectivity index (χ1n) is 6.34. The molecule has 1 unspecified atom stereocenters. The van der Waals surface area contributed by atoms with Crippen molar-refractivity contribution in [2.45, 2.75) is 19.9 Å². The van der Waals surface area contributed by atoms with Crippen molar-refractivity contribution in [2.24, 2.45) is 0 Å². The number of anilines is 1. The highest BCUT2D eigenvalue weighted by molar-refractivity contribution is 9.10. The number of carbonyl (C=O) groups is 1. The Morgan fingerprint density at radius 1 is 1.35 bits per heavy atom. The molecule has 1 amide bonds. The highest BCUT2D eigenvalue weighted by atomic mass is 79.9. The van der Waals surface area contributed by atoms with E-state index in [1.54, 1.807) is 18.4 Å². The van der Waals surface area contributed by atoms with Gasteiger partial charge in [0.05, 0.1) is 6.04 Å². The van der Waals surface area contributed by atoms with Crippen LogP contribution in [0.1, 0.15) is 33.8 Å². The van der Waals surface area contributed by atoms with E-state index < -0.39 is 0 Å². The zero-order valence-electron chi connectivity index (χ0n) is 11.7. The van der Waals surface area contributed by atoms with Crippen LogP contribution in [0.15, 0.2) is 34.1 Å². The molecule has 0 spiro atoms. The van der Waals surface area contributed by atoms with E-state index in [9.17, 15) is 4.79 Å². The quantitative estimate of drug-likeness (QED) is 0.858. The first-order chi connectivity index (χ1) is 9.51.